The molecular weight excluding hydrogens is 507 g/mol. The number of hydrogen-bond donors (Lipinski definition) is 3. The van der Waals surface area contributed by atoms with Crippen LogP contribution in [0.3, 0.4) is 0 Å². The molecule has 0 atom stereocenters. The molecule has 3 aromatic carbocycles. The fourth-order valence-electron chi connectivity index (χ4n) is 3.25. The van der Waals surface area contributed by atoms with Gasteiger partial charge in [-0.2, -0.15) is 5.10 Å². The van der Waals surface area contributed by atoms with Gasteiger partial charge in [-0.3, -0.25) is 20.3 Å². The maximum atomic E-state index is 13.1. The lowest BCUT2D eigenvalue weighted by atomic mass is 10.2. The molecule has 0 spiro atoms. The number of halogens is 1. The minimum atomic E-state index is -4.49. The minimum Gasteiger partial charge on any atom is -0.478 e. The van der Waals surface area contributed by atoms with E-state index in [1.54, 1.807) is 12.1 Å². The van der Waals surface area contributed by atoms with Crippen LogP contribution in [0.5, 0.6) is 0 Å². The summed E-state index contributed by atoms with van der Waals surface area (Å²) in [5.74, 6) is -1.03. The van der Waals surface area contributed by atoms with Crippen LogP contribution < -0.4 is 10.1 Å². The molecule has 1 aromatic heterocycles. The molecule has 0 amide bonds. The number of hydrazone groups is 1. The van der Waals surface area contributed by atoms with Crippen molar-refractivity contribution in [2.75, 3.05) is 10.1 Å². The number of non-ortho nitro benzene ring substituents is 1. The van der Waals surface area contributed by atoms with E-state index in [1.165, 1.54) is 54.7 Å². The largest absolute Gasteiger partial charge is 0.478 e. The van der Waals surface area contributed by atoms with E-state index in [0.717, 1.165) is 18.2 Å². The molecule has 0 aliphatic carbocycles. The number of hydrogen-bond acceptors (Lipinski definition) is 8. The molecule has 4 rings (SSSR count). The molecule has 0 saturated carbocycles. The van der Waals surface area contributed by atoms with Crippen LogP contribution >= 0.6 is 0 Å². The van der Waals surface area contributed by atoms with Crippen molar-refractivity contribution in [2.24, 2.45) is 5.10 Å². The molecule has 11 nitrogen and oxygen atoms in total. The Bertz CT molecular complexity index is 1620. The zero-order valence-electron chi connectivity index (χ0n) is 18.7. The Morgan fingerprint density at radius 3 is 2.46 bits per heavy atom. The first kappa shape index (κ1) is 25.1. The number of nitro benzene ring substituents is 1. The fourth-order valence-corrected chi connectivity index (χ4v) is 4.51. The first-order valence-electron chi connectivity index (χ1n) is 10.4. The molecule has 1 heterocycles. The summed E-state index contributed by atoms with van der Waals surface area (Å²) in [7, 11) is -4.49. The normalized spacial score (nSPS) is 11.4. The number of nitrogens with one attached hydrogen (secondary N) is 2. The molecular formula is C24H17FN4O7S. The maximum Gasteiger partial charge on any atom is 0.337 e. The third-order valence-electron chi connectivity index (χ3n) is 5.00. The molecule has 0 radical (unpaired) electrons. The first-order valence-corrected chi connectivity index (χ1v) is 11.9. The van der Waals surface area contributed by atoms with Crippen molar-refractivity contribution in [3.05, 3.63) is 106 Å². The summed E-state index contributed by atoms with van der Waals surface area (Å²) in [6.07, 6.45) is 1.25. The Morgan fingerprint density at radius 1 is 1.03 bits per heavy atom. The van der Waals surface area contributed by atoms with E-state index in [4.69, 9.17) is 4.42 Å². The van der Waals surface area contributed by atoms with Crippen LogP contribution in [-0.4, -0.2) is 30.6 Å². The van der Waals surface area contributed by atoms with Crippen LogP contribution in [0.25, 0.3) is 11.3 Å². The Kier molecular flexibility index (Phi) is 6.97. The summed E-state index contributed by atoms with van der Waals surface area (Å²) in [4.78, 5) is 21.4. The lowest BCUT2D eigenvalue weighted by molar-refractivity contribution is -0.385. The number of sulfonamides is 1. The van der Waals surface area contributed by atoms with Crippen molar-refractivity contribution in [3.8, 4) is 11.3 Å². The molecule has 37 heavy (non-hydrogen) atoms. The van der Waals surface area contributed by atoms with Gasteiger partial charge in [0.1, 0.15) is 22.2 Å². The Morgan fingerprint density at radius 2 is 1.76 bits per heavy atom. The lowest BCUT2D eigenvalue weighted by Gasteiger charge is -2.13. The van der Waals surface area contributed by atoms with E-state index in [0.29, 0.717) is 11.3 Å². The number of nitro groups is 1. The van der Waals surface area contributed by atoms with Gasteiger partial charge in [0, 0.05) is 17.7 Å². The highest BCUT2D eigenvalue weighted by Gasteiger charge is 2.24. The van der Waals surface area contributed by atoms with Crippen molar-refractivity contribution >= 4 is 39.3 Å². The predicted molar refractivity (Wildman–Crippen MR) is 133 cm³/mol. The average Bonchev–Trinajstić information content (AvgIpc) is 3.33. The van der Waals surface area contributed by atoms with Gasteiger partial charge in [0.25, 0.3) is 15.7 Å². The monoisotopic (exact) mass is 524 g/mol. The molecule has 0 bridgehead atoms. The van der Waals surface area contributed by atoms with Gasteiger partial charge >= 0.3 is 5.97 Å². The molecule has 0 aliphatic heterocycles. The highest BCUT2D eigenvalue weighted by atomic mass is 32.2. The smallest absolute Gasteiger partial charge is 0.337 e. The fraction of sp³-hybridized carbons (Fsp3) is 0. The standard InChI is InChI=1S/C24H17FN4O7S/c25-16-7-5-15(6-8-16)22-12-10-18(36-22)14-26-27-21-11-9-17(29(32)33)13-23(21)37(34,35)28-20-4-2-1-3-19(20)24(30)31/h1-14,27-28H,(H,30,31)/b26-14+. The quantitative estimate of drug-likeness (QED) is 0.157. The number of nitrogens with zero attached hydrogens (tertiary/aromatic N) is 2. The number of benzene rings is 3. The summed E-state index contributed by atoms with van der Waals surface area (Å²) in [5, 5.41) is 24.5. The van der Waals surface area contributed by atoms with E-state index >= 15 is 0 Å². The van der Waals surface area contributed by atoms with Crippen LogP contribution in [0.2, 0.25) is 0 Å². The number of carboxylic acids is 1. The van der Waals surface area contributed by atoms with E-state index in [2.05, 4.69) is 15.2 Å². The maximum absolute atomic E-state index is 13.1. The zero-order chi connectivity index (χ0) is 26.6. The molecule has 188 valence electrons. The number of para-hydroxylation sites is 1. The van der Waals surface area contributed by atoms with Gasteiger partial charge in [-0.1, -0.05) is 12.1 Å². The second-order valence-electron chi connectivity index (χ2n) is 7.47. The molecule has 0 fully saturated rings. The summed E-state index contributed by atoms with van der Waals surface area (Å²) in [6, 6.07) is 17.2. The Balaban J connectivity index is 1.61. The molecule has 0 aliphatic rings. The lowest BCUT2D eigenvalue weighted by Crippen LogP contribution is -2.17. The highest BCUT2D eigenvalue weighted by molar-refractivity contribution is 7.93. The molecule has 0 unspecified atom stereocenters. The van der Waals surface area contributed by atoms with Crippen LogP contribution in [-0.2, 0) is 10.0 Å². The summed E-state index contributed by atoms with van der Waals surface area (Å²) in [6.45, 7) is 0. The third kappa shape index (κ3) is 5.79. The summed E-state index contributed by atoms with van der Waals surface area (Å²) in [5.41, 5.74) is 2.00. The number of aromatic carboxylic acids is 1. The average molecular weight is 524 g/mol. The van der Waals surface area contributed by atoms with Crippen molar-refractivity contribution < 1.29 is 32.0 Å². The van der Waals surface area contributed by atoms with Crippen molar-refractivity contribution in [1.82, 2.24) is 0 Å². The van der Waals surface area contributed by atoms with Crippen molar-refractivity contribution in [2.45, 2.75) is 4.90 Å². The molecule has 3 N–H and O–H groups in total. The van der Waals surface area contributed by atoms with E-state index < -0.39 is 37.3 Å². The number of carbonyl (C=O) groups is 1. The molecule has 4 aromatic rings. The topological polar surface area (TPSA) is 164 Å². The zero-order valence-corrected chi connectivity index (χ0v) is 19.5. The molecule has 13 heteroatoms. The van der Waals surface area contributed by atoms with E-state index in [1.807, 2.05) is 0 Å². The predicted octanol–water partition coefficient (Wildman–Crippen LogP) is 4.94. The van der Waals surface area contributed by atoms with Gasteiger partial charge in [-0.05, 0) is 54.6 Å². The van der Waals surface area contributed by atoms with Crippen LogP contribution in [0.4, 0.5) is 21.5 Å². The SMILES string of the molecule is O=C(O)c1ccccc1NS(=O)(=O)c1cc([N+](=O)[O-])ccc1N/N=C/c1ccc(-c2ccc(F)cc2)o1. The second-order valence-corrected chi connectivity index (χ2v) is 9.12. The van der Waals surface area contributed by atoms with E-state index in [-0.39, 0.29) is 22.7 Å². The first-order chi connectivity index (χ1) is 17.6. The van der Waals surface area contributed by atoms with Gasteiger partial charge in [-0.25, -0.2) is 17.6 Å². The highest BCUT2D eigenvalue weighted by Crippen LogP contribution is 2.29. The van der Waals surface area contributed by atoms with Gasteiger partial charge in [0.15, 0.2) is 0 Å². The van der Waals surface area contributed by atoms with Gasteiger partial charge < -0.3 is 9.52 Å². The van der Waals surface area contributed by atoms with Crippen LogP contribution in [0.15, 0.2) is 93.3 Å². The van der Waals surface area contributed by atoms with Crippen molar-refractivity contribution in [3.63, 3.8) is 0 Å². The van der Waals surface area contributed by atoms with Crippen molar-refractivity contribution in [1.29, 1.82) is 0 Å². The van der Waals surface area contributed by atoms with Gasteiger partial charge in [0.2, 0.25) is 0 Å². The number of rotatable bonds is 9. The Labute approximate surface area is 209 Å². The number of carboxylic acid groups (broad SMARTS) is 1. The second kappa shape index (κ2) is 10.3. The van der Waals surface area contributed by atoms with Crippen LogP contribution in [0.1, 0.15) is 16.1 Å². The minimum absolute atomic E-state index is 0.118. The van der Waals surface area contributed by atoms with E-state index in [9.17, 15) is 32.8 Å². The summed E-state index contributed by atoms with van der Waals surface area (Å²) >= 11 is 0. The Hall–Kier alpha value is -5.04. The third-order valence-corrected chi connectivity index (χ3v) is 6.41. The van der Waals surface area contributed by atoms with Gasteiger partial charge in [0.05, 0.1) is 28.1 Å². The number of furan rings is 1. The van der Waals surface area contributed by atoms with Crippen LogP contribution in [0, 0.1) is 15.9 Å². The summed E-state index contributed by atoms with van der Waals surface area (Å²) < 4.78 is 47.2. The molecule has 0 saturated heterocycles. The van der Waals surface area contributed by atoms with Gasteiger partial charge in [-0.15, -0.1) is 0 Å². The number of anilines is 2.